The molecule has 0 aromatic carbocycles. The van der Waals surface area contributed by atoms with E-state index in [0.29, 0.717) is 13.1 Å². The van der Waals surface area contributed by atoms with Crippen molar-refractivity contribution in [2.45, 2.75) is 40.7 Å². The molecular formula is C15H25N3O. The van der Waals surface area contributed by atoms with E-state index in [-0.39, 0.29) is 17.2 Å². The molecule has 0 fully saturated rings. The lowest BCUT2D eigenvalue weighted by Crippen LogP contribution is -2.37. The molecule has 0 saturated carbocycles. The van der Waals surface area contributed by atoms with Crippen LogP contribution in [0.5, 0.6) is 0 Å². The van der Waals surface area contributed by atoms with Gasteiger partial charge in [-0.2, -0.15) is 0 Å². The van der Waals surface area contributed by atoms with Gasteiger partial charge >= 0.3 is 0 Å². The van der Waals surface area contributed by atoms with Crippen LogP contribution in [0.15, 0.2) is 18.5 Å². The van der Waals surface area contributed by atoms with Gasteiger partial charge in [0.15, 0.2) is 0 Å². The Morgan fingerprint density at radius 3 is 2.68 bits per heavy atom. The highest BCUT2D eigenvalue weighted by atomic mass is 16.1. The molecule has 1 amide bonds. The topological polar surface area (TPSA) is 68.0 Å². The summed E-state index contributed by atoms with van der Waals surface area (Å²) >= 11 is 0. The van der Waals surface area contributed by atoms with Crippen LogP contribution >= 0.6 is 0 Å². The molecule has 0 aliphatic rings. The lowest BCUT2D eigenvalue weighted by Gasteiger charge is -2.24. The third-order valence-corrected chi connectivity index (χ3v) is 3.11. The van der Waals surface area contributed by atoms with Crippen LogP contribution in [0.4, 0.5) is 0 Å². The first kappa shape index (κ1) is 15.6. The zero-order chi connectivity index (χ0) is 14.5. The number of nitrogens with zero attached hydrogens (tertiary/aromatic N) is 1. The van der Waals surface area contributed by atoms with Gasteiger partial charge in [0.1, 0.15) is 0 Å². The number of hydrogen-bond donors (Lipinski definition) is 2. The molecule has 0 aliphatic carbocycles. The quantitative estimate of drug-likeness (QED) is 0.854. The third-order valence-electron chi connectivity index (χ3n) is 3.11. The van der Waals surface area contributed by atoms with Crippen LogP contribution in [0.1, 0.15) is 38.3 Å². The smallest absolute Gasteiger partial charge is 0.224 e. The van der Waals surface area contributed by atoms with Gasteiger partial charge in [0, 0.05) is 25.5 Å². The summed E-state index contributed by atoms with van der Waals surface area (Å²) in [5.41, 5.74) is 7.99. The molecule has 0 radical (unpaired) electrons. The molecule has 1 rings (SSSR count). The predicted molar refractivity (Wildman–Crippen MR) is 77.4 cm³/mol. The maximum atomic E-state index is 12.1. The van der Waals surface area contributed by atoms with Gasteiger partial charge in [0.05, 0.1) is 5.92 Å². The van der Waals surface area contributed by atoms with Crippen molar-refractivity contribution in [1.82, 2.24) is 10.3 Å². The van der Waals surface area contributed by atoms with Crippen LogP contribution < -0.4 is 11.1 Å². The number of carbonyl (C=O) groups is 1. The highest BCUT2D eigenvalue weighted by molar-refractivity contribution is 5.78. The van der Waals surface area contributed by atoms with Crippen molar-refractivity contribution in [1.29, 1.82) is 0 Å². The third kappa shape index (κ3) is 5.39. The minimum atomic E-state index is -0.128. The molecule has 0 spiro atoms. The molecule has 1 aromatic rings. The van der Waals surface area contributed by atoms with Crippen molar-refractivity contribution >= 4 is 5.91 Å². The molecule has 0 aliphatic heterocycles. The van der Waals surface area contributed by atoms with Crippen LogP contribution in [0.2, 0.25) is 0 Å². The van der Waals surface area contributed by atoms with Crippen molar-refractivity contribution in [3.8, 4) is 0 Å². The second kappa shape index (κ2) is 6.66. The number of rotatable bonds is 5. The van der Waals surface area contributed by atoms with E-state index in [0.717, 1.165) is 17.5 Å². The summed E-state index contributed by atoms with van der Waals surface area (Å²) in [5, 5.41) is 2.95. The highest BCUT2D eigenvalue weighted by Crippen LogP contribution is 2.24. The molecule has 1 atom stereocenters. The maximum Gasteiger partial charge on any atom is 0.224 e. The van der Waals surface area contributed by atoms with Crippen molar-refractivity contribution < 1.29 is 4.79 Å². The number of aryl methyl sites for hydroxylation is 1. The number of nitrogens with two attached hydrogens (primary N) is 1. The molecule has 4 heteroatoms. The van der Waals surface area contributed by atoms with Gasteiger partial charge in [-0.25, -0.2) is 0 Å². The van der Waals surface area contributed by atoms with Crippen LogP contribution in [0.3, 0.4) is 0 Å². The van der Waals surface area contributed by atoms with Crippen molar-refractivity contribution in [2.75, 3.05) is 6.54 Å². The van der Waals surface area contributed by atoms with Gasteiger partial charge in [-0.1, -0.05) is 20.8 Å². The first-order valence-electron chi connectivity index (χ1n) is 6.71. The standard InChI is InChI=1S/C15H25N3O/c1-11-5-6-17-9-13(11)10-18-14(19)12(8-16)7-15(2,3)4/h5-6,9,12H,7-8,10,16H2,1-4H3,(H,18,19). The fourth-order valence-corrected chi connectivity index (χ4v) is 2.03. The average molecular weight is 263 g/mol. The molecule has 1 unspecified atom stereocenters. The zero-order valence-corrected chi connectivity index (χ0v) is 12.4. The van der Waals surface area contributed by atoms with E-state index in [1.807, 2.05) is 13.0 Å². The molecule has 0 bridgehead atoms. The molecule has 3 N–H and O–H groups in total. The van der Waals surface area contributed by atoms with E-state index in [4.69, 9.17) is 5.73 Å². The Labute approximate surface area is 115 Å². The van der Waals surface area contributed by atoms with E-state index >= 15 is 0 Å². The minimum Gasteiger partial charge on any atom is -0.352 e. The lowest BCUT2D eigenvalue weighted by molar-refractivity contribution is -0.125. The first-order valence-corrected chi connectivity index (χ1v) is 6.71. The van der Waals surface area contributed by atoms with E-state index in [9.17, 15) is 4.79 Å². The summed E-state index contributed by atoms with van der Waals surface area (Å²) in [4.78, 5) is 16.2. The second-order valence-corrected chi connectivity index (χ2v) is 6.22. The summed E-state index contributed by atoms with van der Waals surface area (Å²) in [5.74, 6) is -0.0994. The number of amides is 1. The number of hydrogen-bond acceptors (Lipinski definition) is 3. The van der Waals surface area contributed by atoms with Gasteiger partial charge < -0.3 is 11.1 Å². The van der Waals surface area contributed by atoms with Crippen molar-refractivity contribution in [2.24, 2.45) is 17.1 Å². The number of aromatic nitrogens is 1. The molecule has 106 valence electrons. The molecule has 19 heavy (non-hydrogen) atoms. The number of pyridine rings is 1. The average Bonchev–Trinajstić information content (AvgIpc) is 2.33. The molecule has 1 heterocycles. The van der Waals surface area contributed by atoms with Gasteiger partial charge in [-0.3, -0.25) is 9.78 Å². The van der Waals surface area contributed by atoms with Crippen LogP contribution in [0.25, 0.3) is 0 Å². The van der Waals surface area contributed by atoms with E-state index in [2.05, 4.69) is 31.1 Å². The Morgan fingerprint density at radius 2 is 2.16 bits per heavy atom. The van der Waals surface area contributed by atoms with E-state index < -0.39 is 0 Å². The largest absolute Gasteiger partial charge is 0.352 e. The minimum absolute atomic E-state index is 0.0284. The molecule has 1 aromatic heterocycles. The second-order valence-electron chi connectivity index (χ2n) is 6.22. The monoisotopic (exact) mass is 263 g/mol. The van der Waals surface area contributed by atoms with E-state index in [1.54, 1.807) is 12.4 Å². The summed E-state index contributed by atoms with van der Waals surface area (Å²) in [6, 6.07) is 1.94. The van der Waals surface area contributed by atoms with Crippen LogP contribution in [-0.2, 0) is 11.3 Å². The fourth-order valence-electron chi connectivity index (χ4n) is 2.03. The Morgan fingerprint density at radius 1 is 1.47 bits per heavy atom. The lowest BCUT2D eigenvalue weighted by atomic mass is 9.84. The predicted octanol–water partition coefficient (Wildman–Crippen LogP) is 2.02. The zero-order valence-electron chi connectivity index (χ0n) is 12.4. The van der Waals surface area contributed by atoms with Gasteiger partial charge in [-0.15, -0.1) is 0 Å². The normalized spacial score (nSPS) is 13.1. The highest BCUT2D eigenvalue weighted by Gasteiger charge is 2.23. The Balaban J connectivity index is 2.57. The summed E-state index contributed by atoms with van der Waals surface area (Å²) in [7, 11) is 0. The summed E-state index contributed by atoms with van der Waals surface area (Å²) in [6.45, 7) is 9.27. The van der Waals surface area contributed by atoms with E-state index in [1.165, 1.54) is 0 Å². The van der Waals surface area contributed by atoms with Crippen LogP contribution in [-0.4, -0.2) is 17.4 Å². The van der Waals surface area contributed by atoms with Crippen LogP contribution in [0, 0.1) is 18.3 Å². The van der Waals surface area contributed by atoms with Gasteiger partial charge in [-0.05, 0) is 36.0 Å². The maximum absolute atomic E-state index is 12.1. The molecular weight excluding hydrogens is 238 g/mol. The van der Waals surface area contributed by atoms with Crippen molar-refractivity contribution in [3.63, 3.8) is 0 Å². The Hall–Kier alpha value is -1.42. The van der Waals surface area contributed by atoms with Gasteiger partial charge in [0.25, 0.3) is 0 Å². The Bertz CT molecular complexity index is 424. The number of carbonyl (C=O) groups excluding carboxylic acids is 1. The first-order chi connectivity index (χ1) is 8.83. The fraction of sp³-hybridized carbons (Fsp3) is 0.600. The SMILES string of the molecule is Cc1ccncc1CNC(=O)C(CN)CC(C)(C)C. The molecule has 0 saturated heterocycles. The Kier molecular flexibility index (Phi) is 5.48. The summed E-state index contributed by atoms with van der Waals surface area (Å²) < 4.78 is 0. The van der Waals surface area contributed by atoms with Gasteiger partial charge in [0.2, 0.25) is 5.91 Å². The number of nitrogens with one attached hydrogen (secondary N) is 1. The summed E-state index contributed by atoms with van der Waals surface area (Å²) in [6.07, 6.45) is 4.33. The van der Waals surface area contributed by atoms with Crippen molar-refractivity contribution in [3.05, 3.63) is 29.6 Å². The molecule has 4 nitrogen and oxygen atoms in total.